The molecule has 0 saturated carbocycles. The highest BCUT2D eigenvalue weighted by atomic mass is 16.6. The number of nitro groups is 1. The van der Waals surface area contributed by atoms with E-state index in [4.69, 9.17) is 0 Å². The van der Waals surface area contributed by atoms with E-state index >= 15 is 0 Å². The number of rotatable bonds is 4. The molecule has 1 aliphatic carbocycles. The van der Waals surface area contributed by atoms with Crippen molar-refractivity contribution in [2.24, 2.45) is 0 Å². The second-order valence-electron chi connectivity index (χ2n) is 6.58. The maximum atomic E-state index is 12.7. The molecule has 2 amide bonds. The molecule has 4 rings (SSSR count). The van der Waals surface area contributed by atoms with Crippen molar-refractivity contribution in [3.05, 3.63) is 63.7 Å². The molecule has 132 valence electrons. The molecule has 2 aromatic rings. The molecule has 1 aliphatic heterocycles. The van der Waals surface area contributed by atoms with Crippen molar-refractivity contribution in [3.8, 4) is 0 Å². The first-order valence-corrected chi connectivity index (χ1v) is 8.52. The standard InChI is InChI=1S/C19H17N3O4/c23-18-11-17(20-14-8-7-12-3-1-4-13(12)9-14)19(24)21(18)15-5-2-6-16(10-15)22(25)26/h2,5-10,17,20H,1,3-4,11H2/t17-/m0/s1. The summed E-state index contributed by atoms with van der Waals surface area (Å²) in [4.78, 5) is 36.5. The van der Waals surface area contributed by atoms with Crippen LogP contribution in [0.4, 0.5) is 17.1 Å². The molecule has 0 unspecified atom stereocenters. The topological polar surface area (TPSA) is 92.6 Å². The van der Waals surface area contributed by atoms with Crippen LogP contribution in [0.15, 0.2) is 42.5 Å². The van der Waals surface area contributed by atoms with Gasteiger partial charge < -0.3 is 5.32 Å². The number of aryl methyl sites for hydroxylation is 2. The number of anilines is 2. The Bertz CT molecular complexity index is 925. The zero-order valence-electron chi connectivity index (χ0n) is 14.0. The summed E-state index contributed by atoms with van der Waals surface area (Å²) in [6.07, 6.45) is 3.28. The zero-order chi connectivity index (χ0) is 18.3. The van der Waals surface area contributed by atoms with E-state index in [1.807, 2.05) is 12.1 Å². The molecular weight excluding hydrogens is 334 g/mol. The normalized spacial score (nSPS) is 18.9. The fourth-order valence-corrected chi connectivity index (χ4v) is 3.62. The molecule has 7 nitrogen and oxygen atoms in total. The maximum absolute atomic E-state index is 12.7. The number of nitrogens with one attached hydrogen (secondary N) is 1. The van der Waals surface area contributed by atoms with Crippen LogP contribution in [-0.4, -0.2) is 22.8 Å². The summed E-state index contributed by atoms with van der Waals surface area (Å²) in [5, 5.41) is 14.1. The van der Waals surface area contributed by atoms with E-state index in [0.29, 0.717) is 0 Å². The number of hydrogen-bond donors (Lipinski definition) is 1. The minimum atomic E-state index is -0.666. The maximum Gasteiger partial charge on any atom is 0.271 e. The van der Waals surface area contributed by atoms with E-state index in [1.54, 1.807) is 0 Å². The number of benzene rings is 2. The van der Waals surface area contributed by atoms with Gasteiger partial charge in [0.15, 0.2) is 0 Å². The second kappa shape index (κ2) is 6.25. The zero-order valence-corrected chi connectivity index (χ0v) is 14.0. The molecule has 1 fully saturated rings. The molecule has 0 bridgehead atoms. The number of non-ortho nitro benzene ring substituents is 1. The van der Waals surface area contributed by atoms with Gasteiger partial charge in [-0.1, -0.05) is 12.1 Å². The van der Waals surface area contributed by atoms with Gasteiger partial charge in [0, 0.05) is 17.8 Å². The third-order valence-electron chi connectivity index (χ3n) is 4.88. The lowest BCUT2D eigenvalue weighted by molar-refractivity contribution is -0.384. The minimum Gasteiger partial charge on any atom is -0.373 e. The average Bonchev–Trinajstić information content (AvgIpc) is 3.19. The van der Waals surface area contributed by atoms with E-state index in [-0.39, 0.29) is 23.7 Å². The van der Waals surface area contributed by atoms with E-state index < -0.39 is 16.9 Å². The van der Waals surface area contributed by atoms with Crippen molar-refractivity contribution in [3.63, 3.8) is 0 Å². The fourth-order valence-electron chi connectivity index (χ4n) is 3.62. The van der Waals surface area contributed by atoms with Gasteiger partial charge in [-0.15, -0.1) is 0 Å². The summed E-state index contributed by atoms with van der Waals surface area (Å²) < 4.78 is 0. The highest BCUT2D eigenvalue weighted by Crippen LogP contribution is 2.29. The van der Waals surface area contributed by atoms with Crippen molar-refractivity contribution in [2.75, 3.05) is 10.2 Å². The molecule has 2 aliphatic rings. The van der Waals surface area contributed by atoms with Crippen molar-refractivity contribution in [1.82, 2.24) is 0 Å². The summed E-state index contributed by atoms with van der Waals surface area (Å²) in [5.74, 6) is -0.759. The van der Waals surface area contributed by atoms with Gasteiger partial charge in [-0.05, 0) is 48.6 Å². The first kappa shape index (κ1) is 16.3. The van der Waals surface area contributed by atoms with Gasteiger partial charge in [0.25, 0.3) is 11.6 Å². The smallest absolute Gasteiger partial charge is 0.271 e. The van der Waals surface area contributed by atoms with Crippen molar-refractivity contribution in [1.29, 1.82) is 0 Å². The Morgan fingerprint density at radius 3 is 2.69 bits per heavy atom. The van der Waals surface area contributed by atoms with E-state index in [2.05, 4.69) is 11.4 Å². The van der Waals surface area contributed by atoms with Crippen LogP contribution in [0.2, 0.25) is 0 Å². The minimum absolute atomic E-state index is 0.0264. The van der Waals surface area contributed by atoms with Gasteiger partial charge in [0.1, 0.15) is 6.04 Å². The van der Waals surface area contributed by atoms with Gasteiger partial charge in [-0.25, -0.2) is 4.90 Å². The Morgan fingerprint density at radius 2 is 1.88 bits per heavy atom. The molecular formula is C19H17N3O4. The van der Waals surface area contributed by atoms with E-state index in [1.165, 1.54) is 35.4 Å². The average molecular weight is 351 g/mol. The first-order valence-electron chi connectivity index (χ1n) is 8.52. The number of fused-ring (bicyclic) bond motifs is 1. The first-order chi connectivity index (χ1) is 12.5. The Balaban J connectivity index is 1.56. The largest absolute Gasteiger partial charge is 0.373 e. The number of amides is 2. The molecule has 1 heterocycles. The van der Waals surface area contributed by atoms with Crippen LogP contribution in [0.5, 0.6) is 0 Å². The number of nitrogens with zero attached hydrogens (tertiary/aromatic N) is 2. The molecule has 1 atom stereocenters. The monoisotopic (exact) mass is 351 g/mol. The van der Waals surface area contributed by atoms with Gasteiger partial charge in [0.2, 0.25) is 5.91 Å². The molecule has 7 heteroatoms. The number of hydrogen-bond acceptors (Lipinski definition) is 5. The van der Waals surface area contributed by atoms with Gasteiger partial charge in [0.05, 0.1) is 17.0 Å². The Labute approximate surface area is 149 Å². The van der Waals surface area contributed by atoms with Crippen LogP contribution in [0.1, 0.15) is 24.0 Å². The number of carbonyl (C=O) groups excluding carboxylic acids is 2. The van der Waals surface area contributed by atoms with Crippen LogP contribution in [0.25, 0.3) is 0 Å². The molecule has 1 N–H and O–H groups in total. The van der Waals surface area contributed by atoms with Gasteiger partial charge in [-0.2, -0.15) is 0 Å². The Hall–Kier alpha value is -3.22. The van der Waals surface area contributed by atoms with Crippen LogP contribution in [0.3, 0.4) is 0 Å². The third-order valence-corrected chi connectivity index (χ3v) is 4.88. The highest BCUT2D eigenvalue weighted by Gasteiger charge is 2.40. The predicted octanol–water partition coefficient (Wildman–Crippen LogP) is 2.83. The number of nitro benzene ring substituents is 1. The quantitative estimate of drug-likeness (QED) is 0.519. The summed E-state index contributed by atoms with van der Waals surface area (Å²) in [6, 6.07) is 10.9. The molecule has 0 aromatic heterocycles. The summed E-state index contributed by atoms with van der Waals surface area (Å²) in [5.41, 5.74) is 3.51. The molecule has 2 aromatic carbocycles. The summed E-state index contributed by atoms with van der Waals surface area (Å²) in [7, 11) is 0. The lowest BCUT2D eigenvalue weighted by atomic mass is 10.1. The van der Waals surface area contributed by atoms with Gasteiger partial charge >= 0.3 is 0 Å². The second-order valence-corrected chi connectivity index (χ2v) is 6.58. The fraction of sp³-hybridized carbons (Fsp3) is 0.263. The summed E-state index contributed by atoms with van der Waals surface area (Å²) in [6.45, 7) is 0. The van der Waals surface area contributed by atoms with Gasteiger partial charge in [-0.3, -0.25) is 19.7 Å². The van der Waals surface area contributed by atoms with Crippen LogP contribution < -0.4 is 10.2 Å². The Kier molecular flexibility index (Phi) is 3.91. The Morgan fingerprint density at radius 1 is 1.08 bits per heavy atom. The summed E-state index contributed by atoms with van der Waals surface area (Å²) >= 11 is 0. The molecule has 0 spiro atoms. The highest BCUT2D eigenvalue weighted by molar-refractivity contribution is 6.23. The third kappa shape index (κ3) is 2.81. The van der Waals surface area contributed by atoms with Crippen LogP contribution in [0, 0.1) is 10.1 Å². The van der Waals surface area contributed by atoms with Crippen molar-refractivity contribution in [2.45, 2.75) is 31.7 Å². The molecule has 1 saturated heterocycles. The number of imide groups is 1. The van der Waals surface area contributed by atoms with Crippen molar-refractivity contribution >= 4 is 28.9 Å². The molecule has 26 heavy (non-hydrogen) atoms. The van der Waals surface area contributed by atoms with Crippen molar-refractivity contribution < 1.29 is 14.5 Å². The van der Waals surface area contributed by atoms with Crippen LogP contribution in [-0.2, 0) is 22.4 Å². The predicted molar refractivity (Wildman–Crippen MR) is 96.1 cm³/mol. The van der Waals surface area contributed by atoms with E-state index in [9.17, 15) is 19.7 Å². The molecule has 0 radical (unpaired) electrons. The number of carbonyl (C=O) groups is 2. The lowest BCUT2D eigenvalue weighted by Crippen LogP contribution is -2.34. The van der Waals surface area contributed by atoms with E-state index in [0.717, 1.165) is 29.8 Å². The lowest BCUT2D eigenvalue weighted by Gasteiger charge is -2.16. The van der Waals surface area contributed by atoms with Crippen LogP contribution >= 0.6 is 0 Å². The SMILES string of the molecule is O=C1C[C@H](Nc2ccc3c(c2)CCC3)C(=O)N1c1cccc([N+](=O)[O-])c1.